The van der Waals surface area contributed by atoms with Gasteiger partial charge in [-0.15, -0.1) is 0 Å². The Kier molecular flexibility index (Phi) is 7.21. The Morgan fingerprint density at radius 2 is 1.67 bits per heavy atom. The van der Waals surface area contributed by atoms with Crippen molar-refractivity contribution in [3.63, 3.8) is 0 Å². The van der Waals surface area contributed by atoms with Gasteiger partial charge in [-0.3, -0.25) is 30.6 Å². The number of hydrazine groups is 1. The van der Waals surface area contributed by atoms with Gasteiger partial charge >= 0.3 is 0 Å². The van der Waals surface area contributed by atoms with Gasteiger partial charge in [0.15, 0.2) is 5.11 Å². The molecule has 0 aromatic heterocycles. The van der Waals surface area contributed by atoms with Crippen LogP contribution in [0.25, 0.3) is 0 Å². The minimum Gasteiger partial charge on any atom is -0.496 e. The number of halogens is 1. The molecule has 156 valence electrons. The lowest BCUT2D eigenvalue weighted by Gasteiger charge is -2.12. The molecule has 0 heterocycles. The van der Waals surface area contributed by atoms with Crippen molar-refractivity contribution in [1.29, 1.82) is 0 Å². The number of carbonyl (C=O) groups is 3. The number of amides is 3. The summed E-state index contributed by atoms with van der Waals surface area (Å²) >= 11 is 7.11. The third-order valence-corrected chi connectivity index (χ3v) is 5.34. The van der Waals surface area contributed by atoms with E-state index in [4.69, 9.17) is 17.0 Å². The molecule has 10 heteroatoms. The molecule has 2 aromatic rings. The highest BCUT2D eigenvalue weighted by atomic mass is 127. The van der Waals surface area contributed by atoms with Crippen LogP contribution in [-0.2, 0) is 4.79 Å². The number of carbonyl (C=O) groups excluding carboxylic acids is 3. The maximum absolute atomic E-state index is 12.3. The zero-order valence-corrected chi connectivity index (χ0v) is 18.9. The van der Waals surface area contributed by atoms with E-state index >= 15 is 0 Å². The number of ether oxygens (including phenoxy) is 1. The van der Waals surface area contributed by atoms with Crippen LogP contribution in [0.5, 0.6) is 5.75 Å². The molecule has 1 fully saturated rings. The highest BCUT2D eigenvalue weighted by Gasteiger charge is 2.29. The van der Waals surface area contributed by atoms with Crippen LogP contribution in [0.3, 0.4) is 0 Å². The zero-order chi connectivity index (χ0) is 21.7. The van der Waals surface area contributed by atoms with E-state index in [9.17, 15) is 14.4 Å². The quantitative estimate of drug-likeness (QED) is 0.265. The van der Waals surface area contributed by atoms with Crippen LogP contribution in [0.4, 0.5) is 5.69 Å². The molecule has 1 aliphatic carbocycles. The highest BCUT2D eigenvalue weighted by Crippen LogP contribution is 2.30. The topological polar surface area (TPSA) is 109 Å². The number of nitrogens with one attached hydrogen (secondary N) is 4. The molecule has 3 amide bonds. The van der Waals surface area contributed by atoms with Gasteiger partial charge in [-0.05, 0) is 90.1 Å². The van der Waals surface area contributed by atoms with Gasteiger partial charge in [-0.25, -0.2) is 0 Å². The maximum Gasteiger partial charge on any atom is 0.269 e. The molecule has 4 N–H and O–H groups in total. The zero-order valence-electron chi connectivity index (χ0n) is 16.0. The first-order valence-electron chi connectivity index (χ1n) is 9.03. The Balaban J connectivity index is 1.47. The fourth-order valence-corrected chi connectivity index (χ4v) is 3.37. The highest BCUT2D eigenvalue weighted by molar-refractivity contribution is 14.1. The molecule has 2 aromatic carbocycles. The van der Waals surface area contributed by atoms with E-state index in [-0.39, 0.29) is 16.9 Å². The van der Waals surface area contributed by atoms with E-state index in [1.54, 1.807) is 49.6 Å². The first-order valence-corrected chi connectivity index (χ1v) is 10.5. The van der Waals surface area contributed by atoms with Gasteiger partial charge in [0.2, 0.25) is 5.91 Å². The lowest BCUT2D eigenvalue weighted by molar-refractivity contribution is -0.117. The van der Waals surface area contributed by atoms with E-state index in [1.165, 1.54) is 0 Å². The number of hydrogen-bond acceptors (Lipinski definition) is 5. The second-order valence-corrected chi connectivity index (χ2v) is 8.12. The van der Waals surface area contributed by atoms with Crippen molar-refractivity contribution in [3.05, 3.63) is 57.2 Å². The molecule has 0 aliphatic heterocycles. The van der Waals surface area contributed by atoms with Gasteiger partial charge in [-0.2, -0.15) is 0 Å². The minimum atomic E-state index is -0.439. The Bertz CT molecular complexity index is 993. The molecule has 3 rings (SSSR count). The first kappa shape index (κ1) is 22.0. The summed E-state index contributed by atoms with van der Waals surface area (Å²) < 4.78 is 5.95. The summed E-state index contributed by atoms with van der Waals surface area (Å²) in [4.78, 5) is 36.2. The largest absolute Gasteiger partial charge is 0.496 e. The average Bonchev–Trinajstić information content (AvgIpc) is 3.58. The van der Waals surface area contributed by atoms with Crippen LogP contribution in [0, 0.1) is 9.49 Å². The number of hydrogen-bond donors (Lipinski definition) is 4. The van der Waals surface area contributed by atoms with Crippen molar-refractivity contribution in [1.82, 2.24) is 16.2 Å². The Morgan fingerprint density at radius 3 is 2.27 bits per heavy atom. The molecule has 0 radical (unpaired) electrons. The summed E-state index contributed by atoms with van der Waals surface area (Å²) in [6.07, 6.45) is 1.85. The lowest BCUT2D eigenvalue weighted by atomic mass is 10.2. The van der Waals surface area contributed by atoms with Crippen LogP contribution < -0.4 is 26.2 Å². The molecule has 30 heavy (non-hydrogen) atoms. The Hall–Kier alpha value is -2.73. The molecule has 0 bridgehead atoms. The van der Waals surface area contributed by atoms with Gasteiger partial charge in [0.25, 0.3) is 11.8 Å². The molecule has 1 aliphatic rings. The summed E-state index contributed by atoms with van der Waals surface area (Å²) in [6.45, 7) is 0. The third-order valence-electron chi connectivity index (χ3n) is 4.29. The van der Waals surface area contributed by atoms with E-state index in [1.807, 2.05) is 0 Å². The molecule has 0 atom stereocenters. The molecule has 1 saturated carbocycles. The van der Waals surface area contributed by atoms with Crippen molar-refractivity contribution in [2.45, 2.75) is 12.8 Å². The van der Waals surface area contributed by atoms with Crippen LogP contribution in [0.2, 0.25) is 0 Å². The molecule has 0 saturated heterocycles. The van der Waals surface area contributed by atoms with Gasteiger partial charge in [0.05, 0.1) is 10.7 Å². The summed E-state index contributed by atoms with van der Waals surface area (Å²) in [5, 5.41) is 5.25. The smallest absolute Gasteiger partial charge is 0.269 e. The SMILES string of the molecule is COc1ccc(C(=O)NC(=S)NNC(=O)c2ccc(NC(=O)C3CC3)cc2)cc1I. The third kappa shape index (κ3) is 5.89. The van der Waals surface area contributed by atoms with Crippen molar-refractivity contribution in [2.24, 2.45) is 5.92 Å². The van der Waals surface area contributed by atoms with Crippen molar-refractivity contribution >= 4 is 63.3 Å². The van der Waals surface area contributed by atoms with Crippen LogP contribution in [0.15, 0.2) is 42.5 Å². The fourth-order valence-electron chi connectivity index (χ4n) is 2.49. The lowest BCUT2D eigenvalue weighted by Crippen LogP contribution is -2.48. The van der Waals surface area contributed by atoms with Crippen LogP contribution in [0.1, 0.15) is 33.6 Å². The number of methoxy groups -OCH3 is 1. The Morgan fingerprint density at radius 1 is 1.00 bits per heavy atom. The van der Waals surface area contributed by atoms with Gasteiger partial charge < -0.3 is 10.1 Å². The molecule has 0 spiro atoms. The van der Waals surface area contributed by atoms with Crippen molar-refractivity contribution in [3.8, 4) is 5.75 Å². The summed E-state index contributed by atoms with van der Waals surface area (Å²) in [7, 11) is 1.55. The normalized spacial score (nSPS) is 12.5. The first-order chi connectivity index (χ1) is 14.4. The number of anilines is 1. The van der Waals surface area contributed by atoms with E-state index in [0.717, 1.165) is 16.4 Å². The number of benzene rings is 2. The van der Waals surface area contributed by atoms with Crippen LogP contribution in [-0.4, -0.2) is 29.9 Å². The van der Waals surface area contributed by atoms with E-state index < -0.39 is 11.8 Å². The summed E-state index contributed by atoms with van der Waals surface area (Å²) in [5.41, 5.74) is 6.31. The fraction of sp³-hybridized carbons (Fsp3) is 0.200. The number of rotatable bonds is 5. The Labute approximate surface area is 192 Å². The molecular weight excluding hydrogens is 519 g/mol. The molecule has 0 unspecified atom stereocenters. The van der Waals surface area contributed by atoms with Crippen molar-refractivity contribution < 1.29 is 19.1 Å². The van der Waals surface area contributed by atoms with Gasteiger partial charge in [0.1, 0.15) is 5.75 Å². The minimum absolute atomic E-state index is 0.00139. The second kappa shape index (κ2) is 9.85. The monoisotopic (exact) mass is 538 g/mol. The summed E-state index contributed by atoms with van der Waals surface area (Å²) in [5.74, 6) is -0.0849. The standard InChI is InChI=1S/C20H19IN4O4S/c1-29-16-9-6-13(10-15(16)21)18(27)23-20(30)25-24-19(28)12-4-7-14(8-5-12)22-17(26)11-2-3-11/h4-11H,2-3H2,1H3,(H,22,26)(H,24,28)(H2,23,25,27,30). The number of thiocarbonyl (C=S) groups is 1. The predicted octanol–water partition coefficient (Wildman–Crippen LogP) is 2.60. The average molecular weight is 538 g/mol. The maximum atomic E-state index is 12.3. The van der Waals surface area contributed by atoms with E-state index in [0.29, 0.717) is 22.6 Å². The van der Waals surface area contributed by atoms with Gasteiger partial charge in [0, 0.05) is 22.7 Å². The van der Waals surface area contributed by atoms with Gasteiger partial charge in [-0.1, -0.05) is 0 Å². The molecule has 8 nitrogen and oxygen atoms in total. The van der Waals surface area contributed by atoms with E-state index in [2.05, 4.69) is 44.1 Å². The molecular formula is C20H19IN4O4S. The summed E-state index contributed by atoms with van der Waals surface area (Å²) in [6, 6.07) is 11.4. The second-order valence-electron chi connectivity index (χ2n) is 6.55. The van der Waals surface area contributed by atoms with Crippen molar-refractivity contribution in [2.75, 3.05) is 12.4 Å². The van der Waals surface area contributed by atoms with Crippen LogP contribution >= 0.6 is 34.8 Å². The predicted molar refractivity (Wildman–Crippen MR) is 124 cm³/mol.